The van der Waals surface area contributed by atoms with Crippen LogP contribution in [0, 0.1) is 6.92 Å². The fraction of sp³-hybridized carbons (Fsp3) is 0.192. The van der Waals surface area contributed by atoms with Crippen LogP contribution in [-0.4, -0.2) is 27.2 Å². The fourth-order valence-electron chi connectivity index (χ4n) is 3.50. The number of methoxy groups -OCH3 is 1. The van der Waals surface area contributed by atoms with Crippen LogP contribution in [0.5, 0.6) is 5.75 Å². The molecule has 6 heteroatoms. The van der Waals surface area contributed by atoms with Gasteiger partial charge in [-0.25, -0.2) is 4.98 Å². The maximum Gasteiger partial charge on any atom is 0.230 e. The van der Waals surface area contributed by atoms with Gasteiger partial charge < -0.3 is 15.2 Å². The summed E-state index contributed by atoms with van der Waals surface area (Å²) in [6.45, 7) is 2.05. The SMILES string of the molecule is COc1cccc(Cc2nc(Cc3cccc(CO)c3)nc(Nc3ccccc3C)n2)c1. The molecular weight excluding hydrogens is 400 g/mol. The number of hydrogen-bond donors (Lipinski definition) is 2. The highest BCUT2D eigenvalue weighted by molar-refractivity contribution is 5.57. The van der Waals surface area contributed by atoms with Gasteiger partial charge in [-0.05, 0) is 47.4 Å². The molecule has 0 fully saturated rings. The summed E-state index contributed by atoms with van der Waals surface area (Å²) in [5.74, 6) is 2.66. The predicted molar refractivity (Wildman–Crippen MR) is 125 cm³/mol. The lowest BCUT2D eigenvalue weighted by molar-refractivity contribution is 0.281. The number of aliphatic hydroxyl groups is 1. The van der Waals surface area contributed by atoms with Gasteiger partial charge in [-0.15, -0.1) is 0 Å². The predicted octanol–water partition coefficient (Wildman–Crippen LogP) is 4.61. The summed E-state index contributed by atoms with van der Waals surface area (Å²) in [6.07, 6.45) is 1.11. The minimum absolute atomic E-state index is 0.00617. The minimum atomic E-state index is 0.00617. The van der Waals surface area contributed by atoms with Crippen molar-refractivity contribution in [2.45, 2.75) is 26.4 Å². The zero-order chi connectivity index (χ0) is 22.3. The van der Waals surface area contributed by atoms with Gasteiger partial charge in [0.25, 0.3) is 0 Å². The Bertz CT molecular complexity index is 1140. The second-order valence-corrected chi connectivity index (χ2v) is 7.61. The molecule has 0 aliphatic rings. The number of para-hydroxylation sites is 1. The summed E-state index contributed by atoms with van der Waals surface area (Å²) >= 11 is 0. The molecule has 0 spiro atoms. The third-order valence-corrected chi connectivity index (χ3v) is 5.15. The largest absolute Gasteiger partial charge is 0.497 e. The topological polar surface area (TPSA) is 80.2 Å². The van der Waals surface area contributed by atoms with Crippen LogP contribution in [0.2, 0.25) is 0 Å². The van der Waals surface area contributed by atoms with Crippen LogP contribution in [0.3, 0.4) is 0 Å². The fourth-order valence-corrected chi connectivity index (χ4v) is 3.50. The van der Waals surface area contributed by atoms with Gasteiger partial charge in [0.2, 0.25) is 5.95 Å². The number of nitrogens with zero attached hydrogens (tertiary/aromatic N) is 3. The van der Waals surface area contributed by atoms with E-state index in [0.717, 1.165) is 33.7 Å². The van der Waals surface area contributed by atoms with E-state index in [1.54, 1.807) is 7.11 Å². The molecule has 0 radical (unpaired) electrons. The zero-order valence-electron chi connectivity index (χ0n) is 18.2. The lowest BCUT2D eigenvalue weighted by Crippen LogP contribution is -2.09. The number of benzene rings is 3. The van der Waals surface area contributed by atoms with Crippen molar-refractivity contribution >= 4 is 11.6 Å². The van der Waals surface area contributed by atoms with Crippen molar-refractivity contribution in [1.82, 2.24) is 15.0 Å². The van der Waals surface area contributed by atoms with E-state index in [1.807, 2.05) is 79.7 Å². The van der Waals surface area contributed by atoms with Crippen molar-refractivity contribution in [3.63, 3.8) is 0 Å². The summed E-state index contributed by atoms with van der Waals surface area (Å²) in [6, 6.07) is 23.8. The van der Waals surface area contributed by atoms with E-state index < -0.39 is 0 Å². The average Bonchev–Trinajstić information content (AvgIpc) is 2.81. The standard InChI is InChI=1S/C26H26N4O2/c1-18-7-3-4-12-23(18)27-26-29-24(15-19-8-5-10-21(13-19)17-31)28-25(30-26)16-20-9-6-11-22(14-20)32-2/h3-14,31H,15-17H2,1-2H3,(H,27,28,29,30). The molecule has 1 heterocycles. The first kappa shape index (κ1) is 21.5. The van der Waals surface area contributed by atoms with Crippen molar-refractivity contribution < 1.29 is 9.84 Å². The third-order valence-electron chi connectivity index (χ3n) is 5.15. The normalized spacial score (nSPS) is 10.7. The Morgan fingerprint density at radius 1 is 0.781 bits per heavy atom. The van der Waals surface area contributed by atoms with Gasteiger partial charge in [0, 0.05) is 18.5 Å². The van der Waals surface area contributed by atoms with Crippen LogP contribution < -0.4 is 10.1 Å². The van der Waals surface area contributed by atoms with E-state index in [9.17, 15) is 5.11 Å². The van der Waals surface area contributed by atoms with Crippen LogP contribution in [0.4, 0.5) is 11.6 Å². The Labute approximate surface area is 188 Å². The first-order chi connectivity index (χ1) is 15.6. The molecule has 6 nitrogen and oxygen atoms in total. The number of nitrogens with one attached hydrogen (secondary N) is 1. The molecule has 0 saturated heterocycles. The summed E-state index contributed by atoms with van der Waals surface area (Å²) in [7, 11) is 1.66. The molecule has 0 bridgehead atoms. The first-order valence-corrected chi connectivity index (χ1v) is 10.5. The van der Waals surface area contributed by atoms with Gasteiger partial charge in [0.05, 0.1) is 13.7 Å². The van der Waals surface area contributed by atoms with Crippen molar-refractivity contribution in [2.24, 2.45) is 0 Å². The number of ether oxygens (including phenoxy) is 1. The zero-order valence-corrected chi connectivity index (χ0v) is 18.2. The molecule has 0 aliphatic heterocycles. The lowest BCUT2D eigenvalue weighted by atomic mass is 10.1. The van der Waals surface area contributed by atoms with Gasteiger partial charge in [-0.3, -0.25) is 0 Å². The van der Waals surface area contributed by atoms with Crippen molar-refractivity contribution in [2.75, 3.05) is 12.4 Å². The van der Waals surface area contributed by atoms with E-state index in [0.29, 0.717) is 30.4 Å². The molecule has 0 atom stereocenters. The van der Waals surface area contributed by atoms with Gasteiger partial charge in [-0.2, -0.15) is 9.97 Å². The second-order valence-electron chi connectivity index (χ2n) is 7.61. The van der Waals surface area contributed by atoms with E-state index in [-0.39, 0.29) is 6.61 Å². The molecule has 4 aromatic rings. The third kappa shape index (κ3) is 5.47. The Balaban J connectivity index is 1.67. The van der Waals surface area contributed by atoms with E-state index in [1.165, 1.54) is 0 Å². The van der Waals surface area contributed by atoms with Crippen molar-refractivity contribution in [1.29, 1.82) is 0 Å². The molecule has 2 N–H and O–H groups in total. The Morgan fingerprint density at radius 2 is 1.44 bits per heavy atom. The summed E-state index contributed by atoms with van der Waals surface area (Å²) in [4.78, 5) is 14.1. The van der Waals surface area contributed by atoms with Crippen LogP contribution in [0.15, 0.2) is 72.8 Å². The summed E-state index contributed by atoms with van der Waals surface area (Å²) in [5, 5.41) is 12.8. The van der Waals surface area contributed by atoms with Crippen LogP contribution in [-0.2, 0) is 19.4 Å². The molecule has 0 aliphatic carbocycles. The number of anilines is 2. The first-order valence-electron chi connectivity index (χ1n) is 10.5. The number of hydrogen-bond acceptors (Lipinski definition) is 6. The smallest absolute Gasteiger partial charge is 0.230 e. The second kappa shape index (κ2) is 10.0. The Morgan fingerprint density at radius 3 is 2.12 bits per heavy atom. The lowest BCUT2D eigenvalue weighted by Gasteiger charge is -2.11. The molecule has 3 aromatic carbocycles. The van der Waals surface area contributed by atoms with E-state index >= 15 is 0 Å². The van der Waals surface area contributed by atoms with Crippen LogP contribution in [0.1, 0.15) is 33.9 Å². The molecule has 1 aromatic heterocycles. The van der Waals surface area contributed by atoms with Gasteiger partial charge in [-0.1, -0.05) is 54.6 Å². The number of rotatable bonds is 8. The molecule has 4 rings (SSSR count). The summed E-state index contributed by atoms with van der Waals surface area (Å²) < 4.78 is 5.35. The molecule has 0 unspecified atom stereocenters. The molecular formula is C26H26N4O2. The molecule has 32 heavy (non-hydrogen) atoms. The molecule has 0 amide bonds. The summed E-state index contributed by atoms with van der Waals surface area (Å²) in [5.41, 5.74) is 5.03. The highest BCUT2D eigenvalue weighted by Crippen LogP contribution is 2.20. The van der Waals surface area contributed by atoms with Crippen LogP contribution in [0.25, 0.3) is 0 Å². The number of aromatic nitrogens is 3. The van der Waals surface area contributed by atoms with Crippen molar-refractivity contribution in [3.8, 4) is 5.75 Å². The number of aliphatic hydroxyl groups excluding tert-OH is 1. The van der Waals surface area contributed by atoms with Gasteiger partial charge >= 0.3 is 0 Å². The quantitative estimate of drug-likeness (QED) is 0.428. The van der Waals surface area contributed by atoms with Gasteiger partial charge in [0.1, 0.15) is 17.4 Å². The highest BCUT2D eigenvalue weighted by Gasteiger charge is 2.11. The Hall–Kier alpha value is -3.77. The molecule has 0 saturated carbocycles. The maximum atomic E-state index is 9.45. The van der Waals surface area contributed by atoms with E-state index in [4.69, 9.17) is 9.72 Å². The monoisotopic (exact) mass is 426 g/mol. The molecule has 162 valence electrons. The van der Waals surface area contributed by atoms with Crippen molar-refractivity contribution in [3.05, 3.63) is 107 Å². The minimum Gasteiger partial charge on any atom is -0.497 e. The Kier molecular flexibility index (Phi) is 6.72. The highest BCUT2D eigenvalue weighted by atomic mass is 16.5. The number of aryl methyl sites for hydroxylation is 1. The van der Waals surface area contributed by atoms with Crippen LogP contribution >= 0.6 is 0 Å². The maximum absolute atomic E-state index is 9.45. The van der Waals surface area contributed by atoms with E-state index in [2.05, 4.69) is 15.3 Å². The van der Waals surface area contributed by atoms with Gasteiger partial charge in [0.15, 0.2) is 0 Å². The average molecular weight is 427 g/mol.